The number of amides is 1. The number of nitrogens with one attached hydrogen (secondary N) is 2. The minimum atomic E-state index is -2.84. The molecule has 32 heavy (non-hydrogen) atoms. The average molecular weight is 439 g/mol. The molecule has 2 N–H and O–H groups in total. The van der Waals surface area contributed by atoms with Crippen LogP contribution in [0, 0.1) is 17.1 Å². The van der Waals surface area contributed by atoms with E-state index in [1.165, 1.54) is 18.3 Å². The maximum absolute atomic E-state index is 15.0. The third-order valence-electron chi connectivity index (χ3n) is 4.66. The van der Waals surface area contributed by atoms with Gasteiger partial charge in [-0.3, -0.25) is 4.79 Å². The van der Waals surface area contributed by atoms with Gasteiger partial charge in [0.15, 0.2) is 5.82 Å². The molecule has 0 saturated heterocycles. The first-order valence-electron chi connectivity index (χ1n) is 9.39. The molecule has 0 atom stereocenters. The molecule has 0 aliphatic rings. The largest absolute Gasteiger partial charge is 0.337 e. The number of halogens is 3. The van der Waals surface area contributed by atoms with Crippen LogP contribution in [0.5, 0.6) is 0 Å². The first-order chi connectivity index (χ1) is 15.2. The molecule has 4 aromatic rings. The fraction of sp³-hybridized carbons (Fsp3) is 0.190. The van der Waals surface area contributed by atoms with E-state index in [2.05, 4.69) is 25.4 Å². The fourth-order valence-electron chi connectivity index (χ4n) is 3.05. The van der Waals surface area contributed by atoms with Crippen LogP contribution in [-0.4, -0.2) is 36.2 Å². The number of nitriles is 1. The van der Waals surface area contributed by atoms with Gasteiger partial charge in [0.25, 0.3) is 5.91 Å². The summed E-state index contributed by atoms with van der Waals surface area (Å²) in [5.41, 5.74) is 0.179. The van der Waals surface area contributed by atoms with Gasteiger partial charge in [0.2, 0.25) is 0 Å². The van der Waals surface area contributed by atoms with Gasteiger partial charge in [0.05, 0.1) is 29.0 Å². The van der Waals surface area contributed by atoms with Gasteiger partial charge in [0, 0.05) is 23.5 Å². The van der Waals surface area contributed by atoms with Gasteiger partial charge in [-0.15, -0.1) is 0 Å². The minimum Gasteiger partial charge on any atom is -0.337 e. The molecule has 162 valence electrons. The van der Waals surface area contributed by atoms with E-state index in [0.717, 1.165) is 12.4 Å². The summed E-state index contributed by atoms with van der Waals surface area (Å²) in [5, 5.41) is 15.3. The number of H-pyrrole nitrogens is 1. The second-order valence-corrected chi connectivity index (χ2v) is 7.52. The highest BCUT2D eigenvalue weighted by atomic mass is 19.3. The highest BCUT2D eigenvalue weighted by molar-refractivity contribution is 5.94. The second kappa shape index (κ2) is 7.81. The first kappa shape index (κ1) is 21.0. The molecule has 0 radical (unpaired) electrons. The summed E-state index contributed by atoms with van der Waals surface area (Å²) in [6.45, 7) is 0.281. The van der Waals surface area contributed by atoms with Crippen molar-refractivity contribution in [1.29, 1.82) is 5.26 Å². The van der Waals surface area contributed by atoms with Crippen LogP contribution in [0.15, 0.2) is 42.9 Å². The fourth-order valence-corrected chi connectivity index (χ4v) is 3.05. The molecule has 1 amide bonds. The number of fused-ring (bicyclic) bond motifs is 1. The topological polar surface area (TPSA) is 112 Å². The molecule has 0 bridgehead atoms. The maximum Gasteiger partial charge on any atom is 0.333 e. The van der Waals surface area contributed by atoms with Crippen LogP contribution in [0.2, 0.25) is 0 Å². The van der Waals surface area contributed by atoms with Crippen molar-refractivity contribution in [3.05, 3.63) is 54.4 Å². The summed E-state index contributed by atoms with van der Waals surface area (Å²) >= 11 is 0. The predicted molar refractivity (Wildman–Crippen MR) is 109 cm³/mol. The number of hydrogen-bond donors (Lipinski definition) is 2. The second-order valence-electron chi connectivity index (χ2n) is 7.52. The van der Waals surface area contributed by atoms with E-state index < -0.39 is 23.8 Å². The number of alkyl halides is 2. The van der Waals surface area contributed by atoms with Crippen LogP contribution >= 0.6 is 0 Å². The number of carbonyl (C=O) groups excluding carboxylic acids is 1. The summed E-state index contributed by atoms with van der Waals surface area (Å²) < 4.78 is 41.0. The molecular formula is C21H16F3N7O. The molecule has 11 heteroatoms. The number of rotatable bonds is 5. The first-order valence-corrected chi connectivity index (χ1v) is 9.39. The van der Waals surface area contributed by atoms with Gasteiger partial charge in [-0.2, -0.15) is 19.1 Å². The Balaban J connectivity index is 1.69. The van der Waals surface area contributed by atoms with Crippen LogP contribution < -0.4 is 5.32 Å². The van der Waals surface area contributed by atoms with Crippen molar-refractivity contribution in [2.45, 2.75) is 25.9 Å². The van der Waals surface area contributed by atoms with Crippen LogP contribution in [-0.2, 0) is 0 Å². The van der Waals surface area contributed by atoms with Crippen LogP contribution in [0.3, 0.4) is 0 Å². The molecule has 0 unspecified atom stereocenters. The average Bonchev–Trinajstić information content (AvgIpc) is 3.38. The van der Waals surface area contributed by atoms with E-state index in [1.807, 2.05) is 6.07 Å². The molecule has 4 aromatic heterocycles. The Morgan fingerprint density at radius 2 is 2.06 bits per heavy atom. The van der Waals surface area contributed by atoms with Crippen molar-refractivity contribution in [2.75, 3.05) is 0 Å². The molecule has 0 fully saturated rings. The Labute approximate surface area is 179 Å². The molecule has 0 aliphatic heterocycles. The summed E-state index contributed by atoms with van der Waals surface area (Å²) in [6, 6.07) is 8.21. The Morgan fingerprint density at radius 1 is 1.28 bits per heavy atom. The standard InChI is InChI=1S/C21H16F3N7O/c1-21(2,10-25)30-19(32)15-5-3-4-14(28-15)11-6-13-16(22)17(29-18(13)26-7-11)12-8-27-31(9-12)20(23)24/h3-9,20H,1-2H3,(H,26,29)(H,30,32). The monoisotopic (exact) mass is 439 g/mol. The number of aromatic amines is 1. The molecule has 4 rings (SSSR count). The van der Waals surface area contributed by atoms with Crippen LogP contribution in [0.4, 0.5) is 13.2 Å². The van der Waals surface area contributed by atoms with Crippen molar-refractivity contribution < 1.29 is 18.0 Å². The molecule has 0 aliphatic carbocycles. The zero-order valence-corrected chi connectivity index (χ0v) is 16.9. The number of carbonyl (C=O) groups is 1. The summed E-state index contributed by atoms with van der Waals surface area (Å²) in [4.78, 5) is 23.7. The molecule has 0 saturated carbocycles. The smallest absolute Gasteiger partial charge is 0.333 e. The van der Waals surface area contributed by atoms with Crippen LogP contribution in [0.25, 0.3) is 33.5 Å². The summed E-state index contributed by atoms with van der Waals surface area (Å²) in [5.74, 6) is -1.20. The lowest BCUT2D eigenvalue weighted by Crippen LogP contribution is -2.42. The molecule has 4 heterocycles. The van der Waals surface area contributed by atoms with Gasteiger partial charge >= 0.3 is 6.55 Å². The van der Waals surface area contributed by atoms with E-state index in [-0.39, 0.29) is 28.0 Å². The highest BCUT2D eigenvalue weighted by Crippen LogP contribution is 2.30. The quantitative estimate of drug-likeness (QED) is 0.487. The van der Waals surface area contributed by atoms with E-state index in [1.54, 1.807) is 26.0 Å². The highest BCUT2D eigenvalue weighted by Gasteiger charge is 2.22. The third-order valence-corrected chi connectivity index (χ3v) is 4.66. The normalized spacial score (nSPS) is 11.7. The van der Waals surface area contributed by atoms with E-state index in [9.17, 15) is 13.6 Å². The predicted octanol–water partition coefficient (Wildman–Crippen LogP) is 4.05. The summed E-state index contributed by atoms with van der Waals surface area (Å²) in [6.07, 6.45) is 3.62. The SMILES string of the molecule is CC(C)(C#N)NC(=O)c1cccc(-c2cnc3[nH]c(-c4cnn(C(F)F)c4)c(F)c3c2)n1. The molecule has 8 nitrogen and oxygen atoms in total. The molecular weight excluding hydrogens is 423 g/mol. The zero-order chi connectivity index (χ0) is 23.0. The zero-order valence-electron chi connectivity index (χ0n) is 16.9. The van der Waals surface area contributed by atoms with Gasteiger partial charge in [-0.25, -0.2) is 19.0 Å². The maximum atomic E-state index is 15.0. The van der Waals surface area contributed by atoms with Gasteiger partial charge in [-0.1, -0.05) is 6.07 Å². The van der Waals surface area contributed by atoms with Crippen molar-refractivity contribution in [2.24, 2.45) is 0 Å². The Kier molecular flexibility index (Phi) is 5.14. The van der Waals surface area contributed by atoms with E-state index >= 15 is 4.39 Å². The minimum absolute atomic E-state index is 0.0172. The van der Waals surface area contributed by atoms with E-state index in [0.29, 0.717) is 15.9 Å². The van der Waals surface area contributed by atoms with E-state index in [4.69, 9.17) is 5.26 Å². The number of nitrogens with zero attached hydrogens (tertiary/aromatic N) is 5. The number of pyridine rings is 2. The lowest BCUT2D eigenvalue weighted by molar-refractivity contribution is 0.0566. The van der Waals surface area contributed by atoms with Gasteiger partial charge in [-0.05, 0) is 32.0 Å². The van der Waals surface area contributed by atoms with Crippen molar-refractivity contribution in [1.82, 2.24) is 30.0 Å². The Hall–Kier alpha value is -4.20. The molecule has 0 spiro atoms. The van der Waals surface area contributed by atoms with Crippen molar-refractivity contribution in [3.63, 3.8) is 0 Å². The lowest BCUT2D eigenvalue weighted by Gasteiger charge is -2.17. The molecule has 0 aromatic carbocycles. The number of hydrogen-bond acceptors (Lipinski definition) is 5. The van der Waals surface area contributed by atoms with Crippen molar-refractivity contribution in [3.8, 4) is 28.6 Å². The van der Waals surface area contributed by atoms with Gasteiger partial charge < -0.3 is 10.3 Å². The summed E-state index contributed by atoms with van der Waals surface area (Å²) in [7, 11) is 0. The Bertz CT molecular complexity index is 1370. The van der Waals surface area contributed by atoms with Gasteiger partial charge in [0.1, 0.15) is 16.9 Å². The van der Waals surface area contributed by atoms with Crippen molar-refractivity contribution >= 4 is 16.9 Å². The Morgan fingerprint density at radius 3 is 2.75 bits per heavy atom. The number of aromatic nitrogens is 5. The van der Waals surface area contributed by atoms with Crippen LogP contribution in [0.1, 0.15) is 30.9 Å². The third kappa shape index (κ3) is 3.90. The lowest BCUT2D eigenvalue weighted by atomic mass is 10.1.